The molecular weight excluding hydrogens is 354 g/mol. The molecule has 0 radical (unpaired) electrons. The van der Waals surface area contributed by atoms with Gasteiger partial charge in [0.2, 0.25) is 6.41 Å². The summed E-state index contributed by atoms with van der Waals surface area (Å²) in [7, 11) is 0. The Balaban J connectivity index is 2.05. The average molecular weight is 370 g/mol. The quantitative estimate of drug-likeness (QED) is 0.627. The molecule has 1 heterocycles. The summed E-state index contributed by atoms with van der Waals surface area (Å²) < 4.78 is 29.2. The van der Waals surface area contributed by atoms with E-state index in [1.165, 1.54) is 23.4 Å². The summed E-state index contributed by atoms with van der Waals surface area (Å²) in [5.74, 6) is -1.66. The van der Waals surface area contributed by atoms with Crippen molar-refractivity contribution in [1.29, 1.82) is 0 Å². The Hall–Kier alpha value is -3.39. The standard InChI is InChI=1S/C19H16F2N4O2/c1-13(14-2-5-16(6-3-14)23-12-26)19(27,9-25-11-22-10-24-25)17-7-4-15(20)8-18(17)21/h2-8,10-12,27H,1,9H2,(H,23,26). The molecule has 2 N–H and O–H groups in total. The van der Waals surface area contributed by atoms with Gasteiger partial charge in [0.1, 0.15) is 29.9 Å². The highest BCUT2D eigenvalue weighted by atomic mass is 19.1. The number of amides is 1. The van der Waals surface area contributed by atoms with Gasteiger partial charge in [-0.2, -0.15) is 5.10 Å². The molecule has 0 saturated carbocycles. The minimum Gasteiger partial charge on any atom is -0.378 e. The van der Waals surface area contributed by atoms with Crippen molar-refractivity contribution in [1.82, 2.24) is 14.8 Å². The molecule has 1 atom stereocenters. The van der Waals surface area contributed by atoms with Crippen LogP contribution in [0.25, 0.3) is 5.57 Å². The molecule has 0 bridgehead atoms. The third-order valence-electron chi connectivity index (χ3n) is 4.19. The van der Waals surface area contributed by atoms with Crippen LogP contribution in [0.4, 0.5) is 14.5 Å². The monoisotopic (exact) mass is 370 g/mol. The van der Waals surface area contributed by atoms with E-state index in [9.17, 15) is 18.7 Å². The highest BCUT2D eigenvalue weighted by molar-refractivity contribution is 5.76. The number of rotatable bonds is 7. The molecule has 3 aromatic rings. The van der Waals surface area contributed by atoms with E-state index in [0.717, 1.165) is 6.07 Å². The van der Waals surface area contributed by atoms with Crippen LogP contribution in [-0.4, -0.2) is 26.3 Å². The van der Waals surface area contributed by atoms with Gasteiger partial charge in [0.05, 0.1) is 6.54 Å². The van der Waals surface area contributed by atoms with Crippen molar-refractivity contribution in [2.45, 2.75) is 12.1 Å². The van der Waals surface area contributed by atoms with Crippen molar-refractivity contribution in [2.24, 2.45) is 0 Å². The average Bonchev–Trinajstić information content (AvgIpc) is 3.14. The summed E-state index contributed by atoms with van der Waals surface area (Å²) in [6.07, 6.45) is 3.19. The SMILES string of the molecule is C=C(c1ccc(NC=O)cc1)C(O)(Cn1cncn1)c1ccc(F)cc1F. The first-order valence-electron chi connectivity index (χ1n) is 7.94. The van der Waals surface area contributed by atoms with Crippen LogP contribution in [0.2, 0.25) is 0 Å². The highest BCUT2D eigenvalue weighted by Gasteiger charge is 2.37. The molecular formula is C19H16F2N4O2. The lowest BCUT2D eigenvalue weighted by atomic mass is 9.82. The second-order valence-corrected chi connectivity index (χ2v) is 5.90. The molecule has 0 spiro atoms. The van der Waals surface area contributed by atoms with Crippen molar-refractivity contribution < 1.29 is 18.7 Å². The number of aliphatic hydroxyl groups is 1. The number of benzene rings is 2. The fraction of sp³-hybridized carbons (Fsp3) is 0.105. The zero-order chi connectivity index (χ0) is 19.4. The Morgan fingerprint density at radius 2 is 2.00 bits per heavy atom. The van der Waals surface area contributed by atoms with Crippen LogP contribution < -0.4 is 5.32 Å². The number of anilines is 1. The number of hydrogen-bond acceptors (Lipinski definition) is 4. The molecule has 1 unspecified atom stereocenters. The molecule has 0 aliphatic heterocycles. The number of carbonyl (C=O) groups is 1. The van der Waals surface area contributed by atoms with E-state index in [1.807, 2.05) is 0 Å². The number of halogens is 2. The predicted molar refractivity (Wildman–Crippen MR) is 95.4 cm³/mol. The molecule has 1 aromatic heterocycles. The summed E-state index contributed by atoms with van der Waals surface area (Å²) in [6, 6.07) is 9.43. The van der Waals surface area contributed by atoms with Gasteiger partial charge < -0.3 is 10.4 Å². The summed E-state index contributed by atoms with van der Waals surface area (Å²) in [5, 5.41) is 17.8. The van der Waals surface area contributed by atoms with Crippen LogP contribution in [0.3, 0.4) is 0 Å². The van der Waals surface area contributed by atoms with Crippen LogP contribution in [0.1, 0.15) is 11.1 Å². The molecule has 6 nitrogen and oxygen atoms in total. The highest BCUT2D eigenvalue weighted by Crippen LogP contribution is 2.38. The van der Waals surface area contributed by atoms with E-state index in [4.69, 9.17) is 0 Å². The van der Waals surface area contributed by atoms with Crippen molar-refractivity contribution >= 4 is 17.7 Å². The Kier molecular flexibility index (Phi) is 5.09. The largest absolute Gasteiger partial charge is 0.378 e. The minimum atomic E-state index is -1.91. The fourth-order valence-corrected chi connectivity index (χ4v) is 2.79. The van der Waals surface area contributed by atoms with Gasteiger partial charge in [-0.05, 0) is 35.4 Å². The smallest absolute Gasteiger partial charge is 0.211 e. The number of aromatic nitrogens is 3. The minimum absolute atomic E-state index is 0.139. The van der Waals surface area contributed by atoms with Gasteiger partial charge in [-0.15, -0.1) is 0 Å². The summed E-state index contributed by atoms with van der Waals surface area (Å²) in [5.41, 5.74) is -0.807. The van der Waals surface area contributed by atoms with Gasteiger partial charge in [-0.25, -0.2) is 18.4 Å². The molecule has 138 valence electrons. The van der Waals surface area contributed by atoms with Crippen molar-refractivity contribution in [3.63, 3.8) is 0 Å². The van der Waals surface area contributed by atoms with Gasteiger partial charge in [0, 0.05) is 17.3 Å². The lowest BCUT2D eigenvalue weighted by Crippen LogP contribution is -2.34. The van der Waals surface area contributed by atoms with E-state index >= 15 is 0 Å². The fourth-order valence-electron chi connectivity index (χ4n) is 2.79. The molecule has 0 aliphatic carbocycles. The molecule has 3 rings (SSSR count). The van der Waals surface area contributed by atoms with Crippen LogP contribution in [0, 0.1) is 11.6 Å². The van der Waals surface area contributed by atoms with Gasteiger partial charge >= 0.3 is 0 Å². The lowest BCUT2D eigenvalue weighted by Gasteiger charge is -2.31. The zero-order valence-electron chi connectivity index (χ0n) is 14.1. The molecule has 1 amide bonds. The van der Waals surface area contributed by atoms with Crippen molar-refractivity contribution in [3.8, 4) is 0 Å². The molecule has 0 saturated heterocycles. The van der Waals surface area contributed by atoms with E-state index in [1.54, 1.807) is 24.3 Å². The van der Waals surface area contributed by atoms with Crippen LogP contribution in [0.5, 0.6) is 0 Å². The summed E-state index contributed by atoms with van der Waals surface area (Å²) in [6.45, 7) is 3.75. The first kappa shape index (κ1) is 18.4. The number of nitrogens with zero attached hydrogens (tertiary/aromatic N) is 3. The first-order chi connectivity index (χ1) is 12.9. The lowest BCUT2D eigenvalue weighted by molar-refractivity contribution is -0.105. The van der Waals surface area contributed by atoms with Crippen molar-refractivity contribution in [3.05, 3.63) is 84.5 Å². The molecule has 2 aromatic carbocycles. The third kappa shape index (κ3) is 3.75. The van der Waals surface area contributed by atoms with Gasteiger partial charge in [-0.1, -0.05) is 18.7 Å². The molecule has 27 heavy (non-hydrogen) atoms. The predicted octanol–water partition coefficient (Wildman–Crippen LogP) is 2.73. The topological polar surface area (TPSA) is 80.0 Å². The maximum absolute atomic E-state index is 14.5. The Morgan fingerprint density at radius 3 is 2.59 bits per heavy atom. The van der Waals surface area contributed by atoms with Crippen molar-refractivity contribution in [2.75, 3.05) is 5.32 Å². The Bertz CT molecular complexity index is 958. The van der Waals surface area contributed by atoms with Gasteiger partial charge in [0.15, 0.2) is 0 Å². The Labute approximate surface area is 153 Å². The van der Waals surface area contributed by atoms with E-state index in [2.05, 4.69) is 22.0 Å². The van der Waals surface area contributed by atoms with E-state index in [-0.39, 0.29) is 17.7 Å². The number of carbonyl (C=O) groups excluding carboxylic acids is 1. The van der Waals surface area contributed by atoms with Crippen LogP contribution in [-0.2, 0) is 16.9 Å². The molecule has 0 fully saturated rings. The number of hydrogen-bond donors (Lipinski definition) is 2. The van der Waals surface area contributed by atoms with Crippen LogP contribution >= 0.6 is 0 Å². The summed E-state index contributed by atoms with van der Waals surface area (Å²) in [4.78, 5) is 14.3. The maximum Gasteiger partial charge on any atom is 0.211 e. The molecule has 8 heteroatoms. The van der Waals surface area contributed by atoms with Gasteiger partial charge in [-0.3, -0.25) is 4.79 Å². The second kappa shape index (κ2) is 7.46. The Morgan fingerprint density at radius 1 is 1.26 bits per heavy atom. The number of nitrogens with one attached hydrogen (secondary N) is 1. The normalized spacial score (nSPS) is 13.0. The maximum atomic E-state index is 14.5. The van der Waals surface area contributed by atoms with Gasteiger partial charge in [0.25, 0.3) is 0 Å². The summed E-state index contributed by atoms with van der Waals surface area (Å²) >= 11 is 0. The van der Waals surface area contributed by atoms with E-state index in [0.29, 0.717) is 23.7 Å². The third-order valence-corrected chi connectivity index (χ3v) is 4.19. The second-order valence-electron chi connectivity index (χ2n) is 5.90. The van der Waals surface area contributed by atoms with Crippen LogP contribution in [0.15, 0.2) is 61.7 Å². The zero-order valence-corrected chi connectivity index (χ0v) is 14.1. The first-order valence-corrected chi connectivity index (χ1v) is 7.94. The molecule has 0 aliphatic rings. The van der Waals surface area contributed by atoms with E-state index < -0.39 is 17.2 Å².